The van der Waals surface area contributed by atoms with Crippen molar-refractivity contribution in [3.63, 3.8) is 0 Å². The standard InChI is InChI=1S/C18H38N2/c1-7-18(8-2)14-20(11-9-10-15(3)4)17(13-19-18)12-16(5)6/h15-17,19H,7-14H2,1-6H3. The van der Waals surface area contributed by atoms with Crippen LogP contribution in [0.4, 0.5) is 0 Å². The second kappa shape index (κ2) is 8.38. The molecule has 120 valence electrons. The van der Waals surface area contributed by atoms with Crippen molar-refractivity contribution in [2.24, 2.45) is 11.8 Å². The molecule has 0 radical (unpaired) electrons. The van der Waals surface area contributed by atoms with Crippen LogP contribution in [0.15, 0.2) is 0 Å². The van der Waals surface area contributed by atoms with Gasteiger partial charge in [-0.3, -0.25) is 4.90 Å². The summed E-state index contributed by atoms with van der Waals surface area (Å²) in [4.78, 5) is 2.80. The third-order valence-corrected chi connectivity index (χ3v) is 5.06. The molecule has 0 aromatic heterocycles. The van der Waals surface area contributed by atoms with Crippen molar-refractivity contribution in [2.75, 3.05) is 19.6 Å². The van der Waals surface area contributed by atoms with E-state index in [2.05, 4.69) is 51.8 Å². The molecular weight excluding hydrogens is 244 g/mol. The van der Waals surface area contributed by atoms with Crippen molar-refractivity contribution in [3.05, 3.63) is 0 Å². The molecule has 0 spiro atoms. The van der Waals surface area contributed by atoms with Gasteiger partial charge in [-0.2, -0.15) is 0 Å². The Hall–Kier alpha value is -0.0800. The van der Waals surface area contributed by atoms with E-state index in [1.165, 1.54) is 51.7 Å². The maximum atomic E-state index is 3.87. The van der Waals surface area contributed by atoms with Crippen molar-refractivity contribution in [2.45, 2.75) is 85.2 Å². The van der Waals surface area contributed by atoms with Crippen LogP contribution in [0.1, 0.15) is 73.6 Å². The molecule has 1 aliphatic rings. The average Bonchev–Trinajstić information content (AvgIpc) is 2.40. The molecule has 1 fully saturated rings. The van der Waals surface area contributed by atoms with Crippen LogP contribution in [0.3, 0.4) is 0 Å². The molecular formula is C18H38N2. The summed E-state index contributed by atoms with van der Waals surface area (Å²) in [6, 6.07) is 0.744. The van der Waals surface area contributed by atoms with Crippen molar-refractivity contribution in [3.8, 4) is 0 Å². The largest absolute Gasteiger partial charge is 0.308 e. The Kier molecular flexibility index (Phi) is 7.53. The highest BCUT2D eigenvalue weighted by atomic mass is 15.2. The fraction of sp³-hybridized carbons (Fsp3) is 1.00. The molecule has 0 saturated carbocycles. The zero-order valence-electron chi connectivity index (χ0n) is 14.8. The van der Waals surface area contributed by atoms with E-state index in [0.29, 0.717) is 5.54 Å². The maximum absolute atomic E-state index is 3.87. The summed E-state index contributed by atoms with van der Waals surface area (Å²) < 4.78 is 0. The van der Waals surface area contributed by atoms with Gasteiger partial charge in [-0.25, -0.2) is 0 Å². The quantitative estimate of drug-likeness (QED) is 0.714. The molecule has 1 N–H and O–H groups in total. The van der Waals surface area contributed by atoms with Gasteiger partial charge in [0.15, 0.2) is 0 Å². The fourth-order valence-corrected chi connectivity index (χ4v) is 3.50. The van der Waals surface area contributed by atoms with Crippen molar-refractivity contribution in [1.29, 1.82) is 0 Å². The average molecular weight is 283 g/mol. The van der Waals surface area contributed by atoms with Crippen LogP contribution in [0.2, 0.25) is 0 Å². The lowest BCUT2D eigenvalue weighted by Crippen LogP contribution is -2.64. The van der Waals surface area contributed by atoms with E-state index in [1.54, 1.807) is 0 Å². The minimum Gasteiger partial charge on any atom is -0.308 e. The predicted octanol–water partition coefficient (Wildman–Crippen LogP) is 4.30. The number of hydrogen-bond donors (Lipinski definition) is 1. The predicted molar refractivity (Wildman–Crippen MR) is 90.2 cm³/mol. The Morgan fingerprint density at radius 1 is 1.10 bits per heavy atom. The summed E-state index contributed by atoms with van der Waals surface area (Å²) in [5.74, 6) is 1.63. The Morgan fingerprint density at radius 2 is 1.75 bits per heavy atom. The minimum absolute atomic E-state index is 0.366. The van der Waals surface area contributed by atoms with Crippen LogP contribution in [0.5, 0.6) is 0 Å². The minimum atomic E-state index is 0.366. The van der Waals surface area contributed by atoms with E-state index in [1.807, 2.05) is 0 Å². The van der Waals surface area contributed by atoms with Gasteiger partial charge in [0.05, 0.1) is 0 Å². The van der Waals surface area contributed by atoms with Crippen molar-refractivity contribution < 1.29 is 0 Å². The first-order valence-corrected chi connectivity index (χ1v) is 8.91. The normalized spacial score (nSPS) is 23.7. The van der Waals surface area contributed by atoms with Gasteiger partial charge in [0.1, 0.15) is 0 Å². The van der Waals surface area contributed by atoms with Crippen molar-refractivity contribution >= 4 is 0 Å². The number of hydrogen-bond acceptors (Lipinski definition) is 2. The second-order valence-electron chi connectivity index (χ2n) is 7.66. The molecule has 1 heterocycles. The zero-order chi connectivity index (χ0) is 15.2. The van der Waals surface area contributed by atoms with Gasteiger partial charge in [-0.1, -0.05) is 41.5 Å². The highest BCUT2D eigenvalue weighted by Crippen LogP contribution is 2.26. The van der Waals surface area contributed by atoms with Gasteiger partial charge in [0.25, 0.3) is 0 Å². The van der Waals surface area contributed by atoms with Gasteiger partial charge >= 0.3 is 0 Å². The fourth-order valence-electron chi connectivity index (χ4n) is 3.50. The molecule has 1 saturated heterocycles. The van der Waals surface area contributed by atoms with Crippen LogP contribution in [0, 0.1) is 11.8 Å². The third-order valence-electron chi connectivity index (χ3n) is 5.06. The molecule has 1 aliphatic heterocycles. The molecule has 2 heteroatoms. The Labute approximate surface area is 127 Å². The summed E-state index contributed by atoms with van der Waals surface area (Å²) in [5.41, 5.74) is 0.366. The summed E-state index contributed by atoms with van der Waals surface area (Å²) in [6.07, 6.45) is 6.55. The van der Waals surface area contributed by atoms with Crippen molar-refractivity contribution in [1.82, 2.24) is 10.2 Å². The number of piperazine rings is 1. The van der Waals surface area contributed by atoms with Gasteiger partial charge in [-0.15, -0.1) is 0 Å². The van der Waals surface area contributed by atoms with E-state index in [0.717, 1.165) is 17.9 Å². The van der Waals surface area contributed by atoms with Gasteiger partial charge in [0, 0.05) is 24.7 Å². The highest BCUT2D eigenvalue weighted by molar-refractivity contribution is 4.96. The van der Waals surface area contributed by atoms with E-state index in [-0.39, 0.29) is 0 Å². The molecule has 0 bridgehead atoms. The smallest absolute Gasteiger partial charge is 0.0304 e. The topological polar surface area (TPSA) is 15.3 Å². The second-order valence-corrected chi connectivity index (χ2v) is 7.66. The Bertz CT molecular complexity index is 256. The zero-order valence-corrected chi connectivity index (χ0v) is 14.8. The van der Waals surface area contributed by atoms with Crippen LogP contribution >= 0.6 is 0 Å². The van der Waals surface area contributed by atoms with Gasteiger partial charge in [0.2, 0.25) is 0 Å². The monoisotopic (exact) mass is 282 g/mol. The maximum Gasteiger partial charge on any atom is 0.0304 e. The van der Waals surface area contributed by atoms with Gasteiger partial charge < -0.3 is 5.32 Å². The molecule has 1 rings (SSSR count). The SMILES string of the molecule is CCC1(CC)CN(CCCC(C)C)C(CC(C)C)CN1. The number of rotatable bonds is 8. The van der Waals surface area contributed by atoms with E-state index in [4.69, 9.17) is 0 Å². The first-order valence-electron chi connectivity index (χ1n) is 8.91. The third kappa shape index (κ3) is 5.37. The molecule has 0 aromatic rings. The van der Waals surface area contributed by atoms with Crippen LogP contribution in [-0.2, 0) is 0 Å². The molecule has 1 unspecified atom stereocenters. The number of nitrogens with zero attached hydrogens (tertiary/aromatic N) is 1. The summed E-state index contributed by atoms with van der Waals surface area (Å²) in [5, 5.41) is 3.87. The molecule has 2 nitrogen and oxygen atoms in total. The van der Waals surface area contributed by atoms with Crippen LogP contribution in [-0.4, -0.2) is 36.1 Å². The lowest BCUT2D eigenvalue weighted by atomic mass is 9.86. The summed E-state index contributed by atoms with van der Waals surface area (Å²) >= 11 is 0. The van der Waals surface area contributed by atoms with E-state index in [9.17, 15) is 0 Å². The molecule has 0 aromatic carbocycles. The highest BCUT2D eigenvalue weighted by Gasteiger charge is 2.36. The van der Waals surface area contributed by atoms with Gasteiger partial charge in [-0.05, 0) is 50.5 Å². The van der Waals surface area contributed by atoms with Crippen LogP contribution < -0.4 is 5.32 Å². The molecule has 0 aliphatic carbocycles. The summed E-state index contributed by atoms with van der Waals surface area (Å²) in [6.45, 7) is 17.8. The summed E-state index contributed by atoms with van der Waals surface area (Å²) in [7, 11) is 0. The Balaban J connectivity index is 2.62. The first kappa shape index (κ1) is 18.0. The molecule has 20 heavy (non-hydrogen) atoms. The van der Waals surface area contributed by atoms with E-state index < -0.39 is 0 Å². The van der Waals surface area contributed by atoms with E-state index >= 15 is 0 Å². The lowest BCUT2D eigenvalue weighted by Gasteiger charge is -2.48. The lowest BCUT2D eigenvalue weighted by molar-refractivity contribution is 0.0602. The number of nitrogens with one attached hydrogen (secondary N) is 1. The van der Waals surface area contributed by atoms with Crippen LogP contribution in [0.25, 0.3) is 0 Å². The Morgan fingerprint density at radius 3 is 2.25 bits per heavy atom. The molecule has 0 amide bonds. The first-order chi connectivity index (χ1) is 9.42. The molecule has 1 atom stereocenters.